The minimum absolute atomic E-state index is 0.178. The van der Waals surface area contributed by atoms with E-state index in [1.807, 2.05) is 18.1 Å². The van der Waals surface area contributed by atoms with Crippen molar-refractivity contribution in [3.8, 4) is 0 Å². The molecule has 1 N–H and O–H groups in total. The van der Waals surface area contributed by atoms with E-state index >= 15 is 0 Å². The highest BCUT2D eigenvalue weighted by molar-refractivity contribution is 5.73. The monoisotopic (exact) mass is 233 g/mol. The number of piperidine rings is 1. The van der Waals surface area contributed by atoms with Crippen LogP contribution in [0, 0.1) is 0 Å². The van der Waals surface area contributed by atoms with Crippen LogP contribution in [0.1, 0.15) is 31.2 Å². The van der Waals surface area contributed by atoms with Crippen LogP contribution in [0.5, 0.6) is 0 Å². The maximum Gasteiger partial charge on any atom is 0.219 e. The molecule has 17 heavy (non-hydrogen) atoms. The third-order valence-corrected chi connectivity index (χ3v) is 3.38. The Bertz CT molecular complexity index is 405. The molecule has 1 aromatic heterocycles. The summed E-state index contributed by atoms with van der Waals surface area (Å²) in [7, 11) is 1.87. The Morgan fingerprint density at radius 1 is 1.59 bits per heavy atom. The van der Waals surface area contributed by atoms with Crippen molar-refractivity contribution >= 4 is 11.7 Å². The lowest BCUT2D eigenvalue weighted by molar-refractivity contribution is -0.130. The number of nitrogens with zero attached hydrogens (tertiary/aromatic N) is 2. The lowest BCUT2D eigenvalue weighted by atomic mass is 9.91. The molecule has 0 unspecified atom stereocenters. The number of amides is 1. The molecule has 1 aliphatic rings. The number of aromatic nitrogens is 1. The van der Waals surface area contributed by atoms with Gasteiger partial charge in [-0.05, 0) is 30.5 Å². The van der Waals surface area contributed by atoms with E-state index in [0.29, 0.717) is 5.92 Å². The van der Waals surface area contributed by atoms with Crippen LogP contribution in [-0.2, 0) is 4.79 Å². The number of pyridine rings is 1. The third kappa shape index (κ3) is 2.75. The highest BCUT2D eigenvalue weighted by Crippen LogP contribution is 2.27. The Morgan fingerprint density at radius 2 is 2.41 bits per heavy atom. The number of nitrogens with one attached hydrogen (secondary N) is 1. The molecule has 2 heterocycles. The number of carbonyl (C=O) groups is 1. The molecule has 0 aromatic carbocycles. The van der Waals surface area contributed by atoms with Crippen molar-refractivity contribution in [1.82, 2.24) is 9.88 Å². The Hall–Kier alpha value is -1.58. The van der Waals surface area contributed by atoms with E-state index in [0.717, 1.165) is 31.7 Å². The summed E-state index contributed by atoms with van der Waals surface area (Å²) >= 11 is 0. The van der Waals surface area contributed by atoms with Gasteiger partial charge in [-0.3, -0.25) is 4.79 Å². The van der Waals surface area contributed by atoms with Crippen LogP contribution < -0.4 is 5.32 Å². The summed E-state index contributed by atoms with van der Waals surface area (Å²) in [5.74, 6) is 1.52. The summed E-state index contributed by atoms with van der Waals surface area (Å²) in [6.45, 7) is 3.38. The largest absolute Gasteiger partial charge is 0.373 e. The lowest BCUT2D eigenvalue weighted by Crippen LogP contribution is -2.37. The van der Waals surface area contributed by atoms with Gasteiger partial charge in [-0.1, -0.05) is 0 Å². The molecule has 1 aromatic rings. The molecule has 0 aliphatic carbocycles. The van der Waals surface area contributed by atoms with Crippen LogP contribution in [0.3, 0.4) is 0 Å². The van der Waals surface area contributed by atoms with Crippen molar-refractivity contribution in [2.45, 2.75) is 25.7 Å². The second kappa shape index (κ2) is 5.17. The van der Waals surface area contributed by atoms with Gasteiger partial charge in [0.05, 0.1) is 0 Å². The first-order valence-electron chi connectivity index (χ1n) is 6.10. The maximum absolute atomic E-state index is 11.4. The second-order valence-corrected chi connectivity index (χ2v) is 4.53. The summed E-state index contributed by atoms with van der Waals surface area (Å²) < 4.78 is 0. The molecule has 1 atom stereocenters. The standard InChI is InChI=1S/C13H19N3O/c1-10(17)16-7-3-4-12(9-16)11-5-6-15-13(8-11)14-2/h5-6,8,12H,3-4,7,9H2,1-2H3,(H,14,15)/t12-/m0/s1. The summed E-state index contributed by atoms with van der Waals surface area (Å²) in [4.78, 5) is 17.6. The summed E-state index contributed by atoms with van der Waals surface area (Å²) in [5.41, 5.74) is 1.27. The first kappa shape index (κ1) is 11.9. The van der Waals surface area contributed by atoms with Gasteiger partial charge in [0.15, 0.2) is 0 Å². The summed E-state index contributed by atoms with van der Waals surface area (Å²) in [5, 5.41) is 3.05. The van der Waals surface area contributed by atoms with Gasteiger partial charge >= 0.3 is 0 Å². The predicted octanol–water partition coefficient (Wildman–Crippen LogP) is 1.85. The summed E-state index contributed by atoms with van der Waals surface area (Å²) in [6.07, 6.45) is 4.06. The predicted molar refractivity (Wildman–Crippen MR) is 68.0 cm³/mol. The zero-order valence-corrected chi connectivity index (χ0v) is 10.4. The van der Waals surface area contributed by atoms with Crippen LogP contribution >= 0.6 is 0 Å². The average Bonchev–Trinajstić information content (AvgIpc) is 2.39. The van der Waals surface area contributed by atoms with Crippen molar-refractivity contribution in [3.05, 3.63) is 23.9 Å². The molecule has 4 heteroatoms. The van der Waals surface area contributed by atoms with Gasteiger partial charge in [-0.25, -0.2) is 4.98 Å². The van der Waals surface area contributed by atoms with E-state index in [-0.39, 0.29) is 5.91 Å². The molecule has 4 nitrogen and oxygen atoms in total. The molecule has 92 valence electrons. The lowest BCUT2D eigenvalue weighted by Gasteiger charge is -2.32. The topological polar surface area (TPSA) is 45.2 Å². The molecule has 1 amide bonds. The van der Waals surface area contributed by atoms with Gasteiger partial charge in [0.2, 0.25) is 5.91 Å². The zero-order valence-electron chi connectivity index (χ0n) is 10.4. The molecular formula is C13H19N3O. The van der Waals surface area contributed by atoms with Gasteiger partial charge in [0.25, 0.3) is 0 Å². The Balaban J connectivity index is 2.13. The highest BCUT2D eigenvalue weighted by atomic mass is 16.2. The molecule has 2 rings (SSSR count). The third-order valence-electron chi connectivity index (χ3n) is 3.38. The molecule has 0 bridgehead atoms. The van der Waals surface area contributed by atoms with Crippen LogP contribution in [-0.4, -0.2) is 35.9 Å². The molecular weight excluding hydrogens is 214 g/mol. The molecule has 1 aliphatic heterocycles. The van der Waals surface area contributed by atoms with Crippen LogP contribution in [0.4, 0.5) is 5.82 Å². The Morgan fingerprint density at radius 3 is 3.12 bits per heavy atom. The number of hydrogen-bond acceptors (Lipinski definition) is 3. The minimum Gasteiger partial charge on any atom is -0.373 e. The zero-order chi connectivity index (χ0) is 12.3. The van der Waals surface area contributed by atoms with Gasteiger partial charge in [0.1, 0.15) is 5.82 Å². The Labute approximate surface area is 102 Å². The van der Waals surface area contributed by atoms with Crippen molar-refractivity contribution in [1.29, 1.82) is 0 Å². The van der Waals surface area contributed by atoms with Crippen LogP contribution in [0.2, 0.25) is 0 Å². The highest BCUT2D eigenvalue weighted by Gasteiger charge is 2.22. The Kier molecular flexibility index (Phi) is 3.61. The number of likely N-dealkylation sites (tertiary alicyclic amines) is 1. The van der Waals surface area contributed by atoms with Crippen molar-refractivity contribution < 1.29 is 4.79 Å². The van der Waals surface area contributed by atoms with E-state index in [1.54, 1.807) is 6.92 Å². The maximum atomic E-state index is 11.4. The van der Waals surface area contributed by atoms with E-state index < -0.39 is 0 Å². The molecule has 1 saturated heterocycles. The first-order chi connectivity index (χ1) is 8.20. The smallest absolute Gasteiger partial charge is 0.219 e. The molecule has 0 spiro atoms. The van der Waals surface area contributed by atoms with Gasteiger partial charge < -0.3 is 10.2 Å². The molecule has 0 saturated carbocycles. The number of rotatable bonds is 2. The molecule has 1 fully saturated rings. The minimum atomic E-state index is 0.178. The van der Waals surface area contributed by atoms with Crippen LogP contribution in [0.25, 0.3) is 0 Å². The fraction of sp³-hybridized carbons (Fsp3) is 0.538. The van der Waals surface area contributed by atoms with E-state index in [1.165, 1.54) is 5.56 Å². The number of carbonyl (C=O) groups excluding carboxylic acids is 1. The molecule has 0 radical (unpaired) electrons. The fourth-order valence-corrected chi connectivity index (χ4v) is 2.37. The number of hydrogen-bond donors (Lipinski definition) is 1. The SMILES string of the molecule is CNc1cc([C@H]2CCCN(C(C)=O)C2)ccn1. The van der Waals surface area contributed by atoms with Gasteiger partial charge in [0, 0.05) is 39.2 Å². The number of anilines is 1. The van der Waals surface area contributed by atoms with Crippen molar-refractivity contribution in [3.63, 3.8) is 0 Å². The van der Waals surface area contributed by atoms with E-state index in [9.17, 15) is 4.79 Å². The van der Waals surface area contributed by atoms with E-state index in [2.05, 4.69) is 22.4 Å². The van der Waals surface area contributed by atoms with E-state index in [4.69, 9.17) is 0 Å². The first-order valence-corrected chi connectivity index (χ1v) is 6.10. The van der Waals surface area contributed by atoms with Crippen LogP contribution in [0.15, 0.2) is 18.3 Å². The normalized spacial score (nSPS) is 20.1. The fourth-order valence-electron chi connectivity index (χ4n) is 2.37. The second-order valence-electron chi connectivity index (χ2n) is 4.53. The summed E-state index contributed by atoms with van der Waals surface area (Å²) in [6, 6.07) is 4.13. The van der Waals surface area contributed by atoms with Crippen molar-refractivity contribution in [2.75, 3.05) is 25.5 Å². The van der Waals surface area contributed by atoms with Crippen molar-refractivity contribution in [2.24, 2.45) is 0 Å². The van der Waals surface area contributed by atoms with Gasteiger partial charge in [-0.2, -0.15) is 0 Å². The van der Waals surface area contributed by atoms with Gasteiger partial charge in [-0.15, -0.1) is 0 Å². The quantitative estimate of drug-likeness (QED) is 0.848. The average molecular weight is 233 g/mol.